The number of carbonyl (C=O) groups excluding carboxylic acids is 1. The minimum absolute atomic E-state index is 0.122. The standard InChI is InChI=1S/C11H17N3O/c1-13-10(6-7-12-13)11(15)14-8-4-2-3-5-9-14/h6-7H,2-5,8-9H2,1H3. The van der Waals surface area contributed by atoms with Crippen LogP contribution in [0.4, 0.5) is 0 Å². The first-order chi connectivity index (χ1) is 7.29. The monoisotopic (exact) mass is 207 g/mol. The van der Waals surface area contributed by atoms with Gasteiger partial charge in [-0.15, -0.1) is 0 Å². The molecule has 0 spiro atoms. The molecule has 2 rings (SSSR count). The Morgan fingerprint density at radius 3 is 2.47 bits per heavy atom. The summed E-state index contributed by atoms with van der Waals surface area (Å²) in [6, 6.07) is 1.78. The highest BCUT2D eigenvalue weighted by molar-refractivity contribution is 5.92. The number of hydrogen-bond acceptors (Lipinski definition) is 2. The molecular weight excluding hydrogens is 190 g/mol. The highest BCUT2D eigenvalue weighted by atomic mass is 16.2. The van der Waals surface area contributed by atoms with Gasteiger partial charge >= 0.3 is 0 Å². The Bertz CT molecular complexity index is 337. The lowest BCUT2D eigenvalue weighted by Gasteiger charge is -2.19. The fourth-order valence-corrected chi connectivity index (χ4v) is 2.02. The lowest BCUT2D eigenvalue weighted by Crippen LogP contribution is -2.33. The molecular formula is C11H17N3O. The zero-order valence-electron chi connectivity index (χ0n) is 9.15. The van der Waals surface area contributed by atoms with Crippen molar-refractivity contribution in [3.63, 3.8) is 0 Å². The van der Waals surface area contributed by atoms with Gasteiger partial charge in [-0.1, -0.05) is 12.8 Å². The number of likely N-dealkylation sites (tertiary alicyclic amines) is 1. The average molecular weight is 207 g/mol. The highest BCUT2D eigenvalue weighted by Crippen LogP contribution is 2.12. The molecule has 0 saturated carbocycles. The predicted octanol–water partition coefficient (Wildman–Crippen LogP) is 1.44. The van der Waals surface area contributed by atoms with Gasteiger partial charge in [0.05, 0.1) is 0 Å². The fraction of sp³-hybridized carbons (Fsp3) is 0.636. The molecule has 0 aromatic carbocycles. The number of hydrogen-bond donors (Lipinski definition) is 0. The third-order valence-electron chi connectivity index (χ3n) is 2.93. The number of aryl methyl sites for hydroxylation is 1. The van der Waals surface area contributed by atoms with Gasteiger partial charge in [-0.05, 0) is 18.9 Å². The summed E-state index contributed by atoms with van der Waals surface area (Å²) in [7, 11) is 1.81. The van der Waals surface area contributed by atoms with E-state index in [0.29, 0.717) is 5.69 Å². The van der Waals surface area contributed by atoms with Crippen molar-refractivity contribution in [2.24, 2.45) is 7.05 Å². The zero-order chi connectivity index (χ0) is 10.7. The van der Waals surface area contributed by atoms with E-state index >= 15 is 0 Å². The number of carbonyl (C=O) groups is 1. The Kier molecular flexibility index (Phi) is 3.04. The van der Waals surface area contributed by atoms with Crippen molar-refractivity contribution >= 4 is 5.91 Å². The van der Waals surface area contributed by atoms with E-state index in [0.717, 1.165) is 25.9 Å². The van der Waals surface area contributed by atoms with Crippen LogP contribution in [0, 0.1) is 0 Å². The first-order valence-electron chi connectivity index (χ1n) is 5.56. The topological polar surface area (TPSA) is 38.1 Å². The molecule has 1 fully saturated rings. The summed E-state index contributed by atoms with van der Waals surface area (Å²) >= 11 is 0. The van der Waals surface area contributed by atoms with E-state index in [9.17, 15) is 4.79 Å². The minimum Gasteiger partial charge on any atom is -0.337 e. The molecule has 2 heterocycles. The molecule has 1 aliphatic rings. The quantitative estimate of drug-likeness (QED) is 0.698. The summed E-state index contributed by atoms with van der Waals surface area (Å²) in [6.07, 6.45) is 6.42. The van der Waals surface area contributed by atoms with Crippen molar-refractivity contribution in [2.45, 2.75) is 25.7 Å². The molecule has 0 aliphatic carbocycles. The van der Waals surface area contributed by atoms with Crippen LogP contribution in [-0.4, -0.2) is 33.7 Å². The SMILES string of the molecule is Cn1nccc1C(=O)N1CCCCCC1. The van der Waals surface area contributed by atoms with Crippen LogP contribution in [0.1, 0.15) is 36.2 Å². The van der Waals surface area contributed by atoms with Gasteiger partial charge in [0, 0.05) is 26.3 Å². The van der Waals surface area contributed by atoms with Gasteiger partial charge in [0.2, 0.25) is 0 Å². The van der Waals surface area contributed by atoms with Gasteiger partial charge in [0.1, 0.15) is 5.69 Å². The van der Waals surface area contributed by atoms with Crippen molar-refractivity contribution in [1.29, 1.82) is 0 Å². The van der Waals surface area contributed by atoms with Crippen molar-refractivity contribution in [3.8, 4) is 0 Å². The third kappa shape index (κ3) is 2.19. The summed E-state index contributed by atoms with van der Waals surface area (Å²) in [6.45, 7) is 1.79. The smallest absolute Gasteiger partial charge is 0.272 e. The molecule has 0 atom stereocenters. The molecule has 1 aliphatic heterocycles. The van der Waals surface area contributed by atoms with Crippen molar-refractivity contribution in [1.82, 2.24) is 14.7 Å². The normalized spacial score (nSPS) is 17.5. The Morgan fingerprint density at radius 2 is 1.93 bits per heavy atom. The van der Waals surface area contributed by atoms with Gasteiger partial charge in [0.25, 0.3) is 5.91 Å². The molecule has 1 amide bonds. The summed E-state index contributed by atoms with van der Waals surface area (Å²) < 4.78 is 1.65. The van der Waals surface area contributed by atoms with E-state index in [-0.39, 0.29) is 5.91 Å². The van der Waals surface area contributed by atoms with E-state index in [4.69, 9.17) is 0 Å². The molecule has 4 heteroatoms. The Morgan fingerprint density at radius 1 is 1.27 bits per heavy atom. The van der Waals surface area contributed by atoms with Gasteiger partial charge in [0.15, 0.2) is 0 Å². The van der Waals surface area contributed by atoms with E-state index < -0.39 is 0 Å². The van der Waals surface area contributed by atoms with Crippen LogP contribution in [0.2, 0.25) is 0 Å². The number of nitrogens with zero attached hydrogens (tertiary/aromatic N) is 3. The van der Waals surface area contributed by atoms with Gasteiger partial charge in [-0.2, -0.15) is 5.10 Å². The van der Waals surface area contributed by atoms with Crippen LogP contribution in [-0.2, 0) is 7.05 Å². The van der Waals surface area contributed by atoms with Crippen molar-refractivity contribution in [2.75, 3.05) is 13.1 Å². The van der Waals surface area contributed by atoms with Crippen LogP contribution in [0.25, 0.3) is 0 Å². The summed E-state index contributed by atoms with van der Waals surface area (Å²) in [4.78, 5) is 14.0. The molecule has 4 nitrogen and oxygen atoms in total. The van der Waals surface area contributed by atoms with Gasteiger partial charge < -0.3 is 4.90 Å². The first-order valence-corrected chi connectivity index (χ1v) is 5.56. The maximum Gasteiger partial charge on any atom is 0.272 e. The predicted molar refractivity (Wildman–Crippen MR) is 57.6 cm³/mol. The van der Waals surface area contributed by atoms with Crippen LogP contribution >= 0.6 is 0 Å². The summed E-state index contributed by atoms with van der Waals surface area (Å²) in [5.41, 5.74) is 0.692. The Labute approximate surface area is 89.9 Å². The highest BCUT2D eigenvalue weighted by Gasteiger charge is 2.19. The first kappa shape index (κ1) is 10.2. The second-order valence-corrected chi connectivity index (χ2v) is 4.05. The van der Waals surface area contributed by atoms with Gasteiger partial charge in [-0.25, -0.2) is 0 Å². The molecule has 0 radical (unpaired) electrons. The molecule has 1 aromatic heterocycles. The van der Waals surface area contributed by atoms with E-state index in [1.54, 1.807) is 16.9 Å². The van der Waals surface area contributed by atoms with Crippen molar-refractivity contribution < 1.29 is 4.79 Å². The largest absolute Gasteiger partial charge is 0.337 e. The fourth-order valence-electron chi connectivity index (χ4n) is 2.02. The molecule has 0 N–H and O–H groups in total. The lowest BCUT2D eigenvalue weighted by molar-refractivity contribution is 0.0750. The van der Waals surface area contributed by atoms with E-state index in [1.165, 1.54) is 12.8 Å². The number of aromatic nitrogens is 2. The average Bonchev–Trinajstić information content (AvgIpc) is 2.53. The summed E-state index contributed by atoms with van der Waals surface area (Å²) in [5.74, 6) is 0.122. The molecule has 0 unspecified atom stereocenters. The maximum absolute atomic E-state index is 12.1. The van der Waals surface area contributed by atoms with Crippen LogP contribution < -0.4 is 0 Å². The molecule has 15 heavy (non-hydrogen) atoms. The zero-order valence-corrected chi connectivity index (χ0v) is 9.15. The minimum atomic E-state index is 0.122. The van der Waals surface area contributed by atoms with Crippen LogP contribution in [0.3, 0.4) is 0 Å². The Hall–Kier alpha value is -1.32. The molecule has 1 aromatic rings. The maximum atomic E-state index is 12.1. The van der Waals surface area contributed by atoms with E-state index in [2.05, 4.69) is 5.10 Å². The Balaban J connectivity index is 2.09. The van der Waals surface area contributed by atoms with Crippen LogP contribution in [0.5, 0.6) is 0 Å². The molecule has 0 bridgehead atoms. The second-order valence-electron chi connectivity index (χ2n) is 4.05. The van der Waals surface area contributed by atoms with Gasteiger partial charge in [-0.3, -0.25) is 9.48 Å². The van der Waals surface area contributed by atoms with Crippen LogP contribution in [0.15, 0.2) is 12.3 Å². The second kappa shape index (κ2) is 4.47. The lowest BCUT2D eigenvalue weighted by atomic mass is 10.2. The van der Waals surface area contributed by atoms with E-state index in [1.807, 2.05) is 11.9 Å². The number of rotatable bonds is 1. The summed E-state index contributed by atoms with van der Waals surface area (Å²) in [5, 5.41) is 4.03. The van der Waals surface area contributed by atoms with Crippen molar-refractivity contribution in [3.05, 3.63) is 18.0 Å². The molecule has 82 valence electrons. The number of amides is 1. The molecule has 1 saturated heterocycles. The third-order valence-corrected chi connectivity index (χ3v) is 2.93.